The van der Waals surface area contributed by atoms with Gasteiger partial charge in [0.15, 0.2) is 0 Å². The molecule has 2 unspecified atom stereocenters. The van der Waals surface area contributed by atoms with Gasteiger partial charge in [-0.1, -0.05) is 60.7 Å². The molecule has 0 bridgehead atoms. The molecule has 0 amide bonds. The van der Waals surface area contributed by atoms with E-state index in [1.807, 2.05) is 25.1 Å². The third kappa shape index (κ3) is 6.54. The van der Waals surface area contributed by atoms with Crippen molar-refractivity contribution in [3.8, 4) is 0 Å². The van der Waals surface area contributed by atoms with Gasteiger partial charge in [0.25, 0.3) is 0 Å². The van der Waals surface area contributed by atoms with Gasteiger partial charge in [0.05, 0.1) is 0 Å². The highest BCUT2D eigenvalue weighted by atomic mass is 15.4. The van der Waals surface area contributed by atoms with Crippen LogP contribution in [0.25, 0.3) is 0 Å². The van der Waals surface area contributed by atoms with E-state index in [1.54, 1.807) is 0 Å². The molecule has 6 N–H and O–H groups in total. The summed E-state index contributed by atoms with van der Waals surface area (Å²) in [5.74, 6) is 0. The van der Waals surface area contributed by atoms with E-state index in [4.69, 9.17) is 11.5 Å². The summed E-state index contributed by atoms with van der Waals surface area (Å²) in [6, 6.07) is 21.1. The third-order valence-electron chi connectivity index (χ3n) is 3.86. The smallest absolute Gasteiger partial charge is 0.0465 e. The second-order valence-electron chi connectivity index (χ2n) is 6.09. The summed E-state index contributed by atoms with van der Waals surface area (Å²) in [4.78, 5) is 0. The lowest BCUT2D eigenvalue weighted by atomic mass is 9.99. The molecule has 2 aromatic carbocycles. The molecule has 24 heavy (non-hydrogen) atoms. The Morgan fingerprint density at radius 1 is 1.04 bits per heavy atom. The Labute approximate surface area is 144 Å². The molecule has 0 radical (unpaired) electrons. The highest BCUT2D eigenvalue weighted by Gasteiger charge is 2.11. The van der Waals surface area contributed by atoms with E-state index in [9.17, 15) is 0 Å². The van der Waals surface area contributed by atoms with Crippen LogP contribution in [0.1, 0.15) is 30.5 Å². The zero-order chi connectivity index (χ0) is 17.2. The van der Waals surface area contributed by atoms with Crippen molar-refractivity contribution >= 4 is 0 Å². The minimum absolute atomic E-state index is 0.104. The molecule has 0 fully saturated rings. The van der Waals surface area contributed by atoms with Gasteiger partial charge in [0, 0.05) is 24.3 Å². The fraction of sp³-hybridized carbons (Fsp3) is 0.300. The highest BCUT2D eigenvalue weighted by Crippen LogP contribution is 2.18. The first-order chi connectivity index (χ1) is 11.6. The van der Waals surface area contributed by atoms with Gasteiger partial charge in [-0.15, -0.1) is 0 Å². The predicted molar refractivity (Wildman–Crippen MR) is 101 cm³/mol. The molecule has 2 atom stereocenters. The maximum Gasteiger partial charge on any atom is 0.0465 e. The van der Waals surface area contributed by atoms with Crippen molar-refractivity contribution in [2.75, 3.05) is 6.54 Å². The topological polar surface area (TPSA) is 76.1 Å². The Hall–Kier alpha value is -2.14. The van der Waals surface area contributed by atoms with E-state index >= 15 is 0 Å². The van der Waals surface area contributed by atoms with E-state index in [-0.39, 0.29) is 12.1 Å². The molecular weight excluding hydrogens is 296 g/mol. The quantitative estimate of drug-likeness (QED) is 0.535. The zero-order valence-electron chi connectivity index (χ0n) is 14.3. The summed E-state index contributed by atoms with van der Waals surface area (Å²) in [7, 11) is 0. The van der Waals surface area contributed by atoms with Crippen molar-refractivity contribution in [2.24, 2.45) is 11.5 Å². The fourth-order valence-electron chi connectivity index (χ4n) is 2.66. The van der Waals surface area contributed by atoms with E-state index in [0.29, 0.717) is 6.54 Å². The van der Waals surface area contributed by atoms with Crippen LogP contribution >= 0.6 is 0 Å². The Morgan fingerprint density at radius 3 is 2.29 bits per heavy atom. The Bertz CT molecular complexity index is 606. The molecule has 0 saturated heterocycles. The molecule has 4 heteroatoms. The van der Waals surface area contributed by atoms with Gasteiger partial charge >= 0.3 is 0 Å². The van der Waals surface area contributed by atoms with Gasteiger partial charge in [-0.25, -0.2) is 0 Å². The number of hydrazine groups is 1. The molecule has 0 aliphatic carbocycles. The minimum atomic E-state index is -0.104. The van der Waals surface area contributed by atoms with Crippen LogP contribution in [0.5, 0.6) is 0 Å². The SMILES string of the molecule is C/C(N)=C/C(N)CNNC(CCc1ccccc1)c1ccccc1. The number of nitrogens with one attached hydrogen (secondary N) is 2. The van der Waals surface area contributed by atoms with Crippen LogP contribution in [0.4, 0.5) is 0 Å². The molecular formula is C20H28N4. The number of benzene rings is 2. The summed E-state index contributed by atoms with van der Waals surface area (Å²) >= 11 is 0. The van der Waals surface area contributed by atoms with Gasteiger partial charge in [-0.05, 0) is 37.0 Å². The first-order valence-corrected chi connectivity index (χ1v) is 8.42. The zero-order valence-corrected chi connectivity index (χ0v) is 14.3. The largest absolute Gasteiger partial charge is 0.402 e. The molecule has 4 nitrogen and oxygen atoms in total. The van der Waals surface area contributed by atoms with Crippen molar-refractivity contribution < 1.29 is 0 Å². The molecule has 0 aliphatic rings. The summed E-state index contributed by atoms with van der Waals surface area (Å²) in [6.45, 7) is 2.48. The lowest BCUT2D eigenvalue weighted by Crippen LogP contribution is -2.42. The van der Waals surface area contributed by atoms with E-state index in [0.717, 1.165) is 18.5 Å². The minimum Gasteiger partial charge on any atom is -0.402 e. The van der Waals surface area contributed by atoms with Crippen LogP contribution in [-0.4, -0.2) is 12.6 Å². The molecule has 0 aliphatic heterocycles. The van der Waals surface area contributed by atoms with Crippen LogP contribution in [0, 0.1) is 0 Å². The van der Waals surface area contributed by atoms with Crippen LogP contribution < -0.4 is 22.3 Å². The standard InChI is InChI=1S/C20H28N4/c1-16(21)14-19(22)15-23-24-20(18-10-6-3-7-11-18)13-12-17-8-4-2-5-9-17/h2-11,14,19-20,23-24H,12-13,15,21-22H2,1H3/b16-14-. The van der Waals surface area contributed by atoms with Gasteiger partial charge in [0.1, 0.15) is 0 Å². The van der Waals surface area contributed by atoms with Crippen LogP contribution in [0.3, 0.4) is 0 Å². The summed E-state index contributed by atoms with van der Waals surface area (Å²) in [5, 5.41) is 0. The van der Waals surface area contributed by atoms with Crippen LogP contribution in [-0.2, 0) is 6.42 Å². The molecule has 2 rings (SSSR count). The number of rotatable bonds is 9. The van der Waals surface area contributed by atoms with E-state index in [1.165, 1.54) is 11.1 Å². The van der Waals surface area contributed by atoms with E-state index in [2.05, 4.69) is 59.4 Å². The summed E-state index contributed by atoms with van der Waals surface area (Å²) < 4.78 is 0. The second kappa shape index (κ2) is 9.88. The highest BCUT2D eigenvalue weighted by molar-refractivity contribution is 5.20. The van der Waals surface area contributed by atoms with E-state index < -0.39 is 0 Å². The second-order valence-corrected chi connectivity index (χ2v) is 6.09. The molecule has 128 valence electrons. The Balaban J connectivity index is 1.92. The predicted octanol–water partition coefficient (Wildman–Crippen LogP) is 2.64. The maximum absolute atomic E-state index is 6.01. The van der Waals surface area contributed by atoms with Crippen molar-refractivity contribution in [3.63, 3.8) is 0 Å². The van der Waals surface area contributed by atoms with Crippen molar-refractivity contribution in [1.82, 2.24) is 10.9 Å². The average molecular weight is 324 g/mol. The number of hydrogen-bond donors (Lipinski definition) is 4. The monoisotopic (exact) mass is 324 g/mol. The molecule has 0 heterocycles. The fourth-order valence-corrected chi connectivity index (χ4v) is 2.66. The lowest BCUT2D eigenvalue weighted by Gasteiger charge is -2.21. The molecule has 0 aromatic heterocycles. The number of nitrogens with two attached hydrogens (primary N) is 2. The first-order valence-electron chi connectivity index (χ1n) is 8.42. The summed E-state index contributed by atoms with van der Waals surface area (Å²) in [6.07, 6.45) is 3.88. The average Bonchev–Trinajstić information content (AvgIpc) is 2.59. The molecule has 0 spiro atoms. The Morgan fingerprint density at radius 2 is 1.67 bits per heavy atom. The normalized spacial score (nSPS) is 14.3. The maximum atomic E-state index is 6.01. The summed E-state index contributed by atoms with van der Waals surface area (Å²) in [5.41, 5.74) is 21.7. The molecule has 2 aromatic rings. The molecule has 0 saturated carbocycles. The van der Waals surface area contributed by atoms with Gasteiger partial charge in [-0.2, -0.15) is 0 Å². The Kier molecular flexibility index (Phi) is 7.49. The van der Waals surface area contributed by atoms with Gasteiger partial charge in [-0.3, -0.25) is 10.9 Å². The van der Waals surface area contributed by atoms with Crippen molar-refractivity contribution in [3.05, 3.63) is 83.6 Å². The van der Waals surface area contributed by atoms with Gasteiger partial charge < -0.3 is 11.5 Å². The number of allylic oxidation sites excluding steroid dienone is 1. The third-order valence-corrected chi connectivity index (χ3v) is 3.86. The van der Waals surface area contributed by atoms with Crippen molar-refractivity contribution in [1.29, 1.82) is 0 Å². The number of hydrogen-bond acceptors (Lipinski definition) is 4. The van der Waals surface area contributed by atoms with Gasteiger partial charge in [0.2, 0.25) is 0 Å². The van der Waals surface area contributed by atoms with Crippen LogP contribution in [0.2, 0.25) is 0 Å². The lowest BCUT2D eigenvalue weighted by molar-refractivity contribution is 0.413. The number of aryl methyl sites for hydroxylation is 1. The van der Waals surface area contributed by atoms with Crippen molar-refractivity contribution in [2.45, 2.75) is 31.8 Å². The first kappa shape index (κ1) is 18.2. The van der Waals surface area contributed by atoms with Crippen LogP contribution in [0.15, 0.2) is 72.4 Å².